The average molecular weight is 348 g/mol. The van der Waals surface area contributed by atoms with Crippen molar-refractivity contribution in [3.8, 4) is 11.4 Å². The van der Waals surface area contributed by atoms with Crippen LogP contribution in [0.1, 0.15) is 29.2 Å². The first-order valence-electron chi connectivity index (χ1n) is 8.84. The van der Waals surface area contributed by atoms with Gasteiger partial charge in [-0.2, -0.15) is 0 Å². The molecule has 2 aromatic heterocycles. The van der Waals surface area contributed by atoms with Crippen molar-refractivity contribution in [1.82, 2.24) is 15.0 Å². The number of aliphatic hydroxyl groups is 1. The first kappa shape index (κ1) is 18.0. The summed E-state index contributed by atoms with van der Waals surface area (Å²) in [5.74, 6) is 1.75. The number of aliphatic hydroxyl groups excluding tert-OH is 1. The van der Waals surface area contributed by atoms with Crippen molar-refractivity contribution < 1.29 is 5.11 Å². The Morgan fingerprint density at radius 3 is 2.42 bits per heavy atom. The van der Waals surface area contributed by atoms with Gasteiger partial charge in [0.25, 0.3) is 0 Å². The number of benzene rings is 1. The van der Waals surface area contributed by atoms with E-state index in [1.54, 1.807) is 12.4 Å². The number of hydrogen-bond donors (Lipinski definition) is 2. The first-order chi connectivity index (χ1) is 12.7. The molecule has 0 saturated carbocycles. The summed E-state index contributed by atoms with van der Waals surface area (Å²) in [5.41, 5.74) is 4.15. The average Bonchev–Trinajstić information content (AvgIpc) is 2.69. The third-order valence-electron chi connectivity index (χ3n) is 4.59. The van der Waals surface area contributed by atoms with E-state index in [9.17, 15) is 5.11 Å². The van der Waals surface area contributed by atoms with E-state index in [0.29, 0.717) is 18.8 Å². The van der Waals surface area contributed by atoms with E-state index >= 15 is 0 Å². The van der Waals surface area contributed by atoms with Crippen molar-refractivity contribution in [2.45, 2.75) is 26.2 Å². The molecule has 0 aliphatic heterocycles. The molecule has 0 amide bonds. The van der Waals surface area contributed by atoms with E-state index in [-0.39, 0.29) is 12.5 Å². The number of rotatable bonds is 7. The van der Waals surface area contributed by atoms with Crippen LogP contribution in [0.4, 0.5) is 5.82 Å². The second-order valence-corrected chi connectivity index (χ2v) is 6.34. The van der Waals surface area contributed by atoms with Gasteiger partial charge in [0.15, 0.2) is 5.82 Å². The van der Waals surface area contributed by atoms with Crippen molar-refractivity contribution >= 4 is 5.82 Å². The minimum absolute atomic E-state index is 0.158. The molecule has 134 valence electrons. The largest absolute Gasteiger partial charge is 0.396 e. The van der Waals surface area contributed by atoms with Crippen molar-refractivity contribution in [2.24, 2.45) is 0 Å². The Morgan fingerprint density at radius 2 is 1.73 bits per heavy atom. The van der Waals surface area contributed by atoms with Gasteiger partial charge < -0.3 is 10.4 Å². The Labute approximate surface area is 154 Å². The first-order valence-corrected chi connectivity index (χ1v) is 8.84. The molecule has 1 atom stereocenters. The van der Waals surface area contributed by atoms with E-state index in [1.807, 2.05) is 44.2 Å². The number of nitrogens with zero attached hydrogens (tertiary/aromatic N) is 3. The standard InChI is InChI=1S/C21H24N4O/c1-15-16(2)24-21(18-8-11-22-12-9-18)25-20(15)23-14-19(10-13-26)17-6-4-3-5-7-17/h3-9,11-12,19,26H,10,13-14H2,1-2H3,(H,23,24,25). The molecule has 0 radical (unpaired) electrons. The van der Waals surface area contributed by atoms with Gasteiger partial charge in [-0.15, -0.1) is 0 Å². The summed E-state index contributed by atoms with van der Waals surface area (Å²) in [6.07, 6.45) is 4.19. The zero-order valence-corrected chi connectivity index (χ0v) is 15.2. The summed E-state index contributed by atoms with van der Waals surface area (Å²) < 4.78 is 0. The molecule has 5 heteroatoms. The highest BCUT2D eigenvalue weighted by Gasteiger charge is 2.14. The van der Waals surface area contributed by atoms with Crippen LogP contribution >= 0.6 is 0 Å². The molecule has 0 bridgehead atoms. The zero-order chi connectivity index (χ0) is 18.4. The highest BCUT2D eigenvalue weighted by Crippen LogP contribution is 2.24. The quantitative estimate of drug-likeness (QED) is 0.681. The maximum absolute atomic E-state index is 9.43. The lowest BCUT2D eigenvalue weighted by Crippen LogP contribution is -2.16. The molecule has 2 heterocycles. The van der Waals surface area contributed by atoms with E-state index < -0.39 is 0 Å². The summed E-state index contributed by atoms with van der Waals surface area (Å²) in [5, 5.41) is 12.9. The summed E-state index contributed by atoms with van der Waals surface area (Å²) in [7, 11) is 0. The van der Waals surface area contributed by atoms with Crippen LogP contribution in [0, 0.1) is 13.8 Å². The Morgan fingerprint density at radius 1 is 1.00 bits per heavy atom. The predicted octanol–water partition coefficient (Wildman–Crippen LogP) is 3.73. The van der Waals surface area contributed by atoms with Gasteiger partial charge in [-0.1, -0.05) is 30.3 Å². The van der Waals surface area contributed by atoms with Crippen LogP contribution in [0.2, 0.25) is 0 Å². The molecule has 0 aliphatic carbocycles. The van der Waals surface area contributed by atoms with Gasteiger partial charge in [-0.3, -0.25) is 4.98 Å². The second-order valence-electron chi connectivity index (χ2n) is 6.34. The van der Waals surface area contributed by atoms with Crippen LogP contribution in [0.5, 0.6) is 0 Å². The Bertz CT molecular complexity index is 837. The number of hydrogen-bond acceptors (Lipinski definition) is 5. The van der Waals surface area contributed by atoms with Crippen LogP contribution < -0.4 is 5.32 Å². The van der Waals surface area contributed by atoms with Gasteiger partial charge >= 0.3 is 0 Å². The molecule has 26 heavy (non-hydrogen) atoms. The summed E-state index contributed by atoms with van der Waals surface area (Å²) in [4.78, 5) is 13.4. The predicted molar refractivity (Wildman–Crippen MR) is 104 cm³/mol. The summed E-state index contributed by atoms with van der Waals surface area (Å²) >= 11 is 0. The maximum atomic E-state index is 9.43. The molecular weight excluding hydrogens is 324 g/mol. The van der Waals surface area contributed by atoms with Crippen molar-refractivity contribution in [3.63, 3.8) is 0 Å². The molecular formula is C21H24N4O. The molecule has 0 fully saturated rings. The fourth-order valence-electron chi connectivity index (χ4n) is 2.92. The highest BCUT2D eigenvalue weighted by molar-refractivity contribution is 5.59. The van der Waals surface area contributed by atoms with Crippen molar-refractivity contribution in [3.05, 3.63) is 71.7 Å². The molecule has 2 N–H and O–H groups in total. The Hall–Kier alpha value is -2.79. The van der Waals surface area contributed by atoms with Crippen LogP contribution in [0.25, 0.3) is 11.4 Å². The molecule has 3 rings (SSSR count). The SMILES string of the molecule is Cc1nc(-c2ccncc2)nc(NCC(CCO)c2ccccc2)c1C. The van der Waals surface area contributed by atoms with E-state index in [2.05, 4.69) is 27.4 Å². The lowest BCUT2D eigenvalue weighted by atomic mass is 9.96. The van der Waals surface area contributed by atoms with Gasteiger partial charge in [0.1, 0.15) is 5.82 Å². The van der Waals surface area contributed by atoms with Crippen LogP contribution in [-0.2, 0) is 0 Å². The third-order valence-corrected chi connectivity index (χ3v) is 4.59. The minimum atomic E-state index is 0.158. The van der Waals surface area contributed by atoms with Crippen LogP contribution in [0.3, 0.4) is 0 Å². The normalized spacial score (nSPS) is 12.0. The topological polar surface area (TPSA) is 70.9 Å². The molecule has 0 spiro atoms. The second kappa shape index (κ2) is 8.54. The van der Waals surface area contributed by atoms with Gasteiger partial charge in [0.05, 0.1) is 0 Å². The van der Waals surface area contributed by atoms with Crippen LogP contribution in [0.15, 0.2) is 54.9 Å². The lowest BCUT2D eigenvalue weighted by Gasteiger charge is -2.19. The van der Waals surface area contributed by atoms with E-state index in [4.69, 9.17) is 4.98 Å². The van der Waals surface area contributed by atoms with Gasteiger partial charge in [-0.25, -0.2) is 9.97 Å². The summed E-state index contributed by atoms with van der Waals surface area (Å²) in [6, 6.07) is 14.1. The van der Waals surface area contributed by atoms with Gasteiger partial charge in [0, 0.05) is 48.3 Å². The maximum Gasteiger partial charge on any atom is 0.161 e. The number of anilines is 1. The molecule has 3 aromatic rings. The summed E-state index contributed by atoms with van der Waals surface area (Å²) in [6.45, 7) is 4.88. The minimum Gasteiger partial charge on any atom is -0.396 e. The fourth-order valence-corrected chi connectivity index (χ4v) is 2.92. The third kappa shape index (κ3) is 4.24. The zero-order valence-electron chi connectivity index (χ0n) is 15.2. The Kier molecular flexibility index (Phi) is 5.92. The number of nitrogens with one attached hydrogen (secondary N) is 1. The van der Waals surface area contributed by atoms with Gasteiger partial charge in [0.2, 0.25) is 0 Å². The molecule has 1 unspecified atom stereocenters. The van der Waals surface area contributed by atoms with Gasteiger partial charge in [-0.05, 0) is 38.0 Å². The number of pyridine rings is 1. The monoisotopic (exact) mass is 348 g/mol. The molecule has 0 saturated heterocycles. The number of aryl methyl sites for hydroxylation is 1. The highest BCUT2D eigenvalue weighted by atomic mass is 16.3. The molecule has 0 aliphatic rings. The number of aromatic nitrogens is 3. The molecule has 1 aromatic carbocycles. The van der Waals surface area contributed by atoms with Crippen LogP contribution in [-0.4, -0.2) is 33.2 Å². The van der Waals surface area contributed by atoms with Crippen molar-refractivity contribution in [2.75, 3.05) is 18.5 Å². The smallest absolute Gasteiger partial charge is 0.161 e. The fraction of sp³-hybridized carbons (Fsp3) is 0.286. The molecule has 5 nitrogen and oxygen atoms in total. The Balaban J connectivity index is 1.83. The lowest BCUT2D eigenvalue weighted by molar-refractivity contribution is 0.277. The van der Waals surface area contributed by atoms with E-state index in [1.165, 1.54) is 5.56 Å². The van der Waals surface area contributed by atoms with Crippen molar-refractivity contribution in [1.29, 1.82) is 0 Å². The van der Waals surface area contributed by atoms with E-state index in [0.717, 1.165) is 22.6 Å².